The van der Waals surface area contributed by atoms with Crippen LogP contribution in [0.3, 0.4) is 0 Å². The van der Waals surface area contributed by atoms with Gasteiger partial charge >= 0.3 is 12.1 Å². The van der Waals surface area contributed by atoms with Gasteiger partial charge in [-0.3, -0.25) is 4.79 Å². The Balaban J connectivity index is 2.67. The number of ether oxygens (including phenoxy) is 1. The predicted molar refractivity (Wildman–Crippen MR) is 90.4 cm³/mol. The molecule has 1 aromatic carbocycles. The summed E-state index contributed by atoms with van der Waals surface area (Å²) in [4.78, 5) is 23.6. The highest BCUT2D eigenvalue weighted by molar-refractivity contribution is 6.43. The van der Waals surface area contributed by atoms with Crippen molar-refractivity contribution in [2.24, 2.45) is 0 Å². The van der Waals surface area contributed by atoms with E-state index in [9.17, 15) is 27.2 Å². The Hall–Kier alpha value is -2.39. The van der Waals surface area contributed by atoms with Crippen LogP contribution in [0.1, 0.15) is 16.7 Å². The van der Waals surface area contributed by atoms with Crippen LogP contribution in [-0.2, 0) is 15.7 Å². The molecule has 0 fully saturated rings. The second-order valence-corrected chi connectivity index (χ2v) is 6.02. The summed E-state index contributed by atoms with van der Waals surface area (Å²) >= 11 is 11.6. The summed E-state index contributed by atoms with van der Waals surface area (Å²) in [5.41, 5.74) is -3.50. The third kappa shape index (κ3) is 4.30. The van der Waals surface area contributed by atoms with E-state index in [1.54, 1.807) is 0 Å². The van der Waals surface area contributed by atoms with E-state index in [1.165, 1.54) is 0 Å². The number of carbonyl (C=O) groups is 1. The normalized spacial score (nSPS) is 12.2. The molecule has 0 saturated heterocycles. The fraction of sp³-hybridized carbons (Fsp3) is 0.188. The van der Waals surface area contributed by atoms with Gasteiger partial charge < -0.3 is 4.74 Å². The summed E-state index contributed by atoms with van der Waals surface area (Å²) in [7, 11) is 1.09. The molecule has 0 radical (unpaired) electrons. The summed E-state index contributed by atoms with van der Waals surface area (Å²) in [6.07, 6.45) is -3.31. The van der Waals surface area contributed by atoms with Gasteiger partial charge in [-0.05, 0) is 30.7 Å². The van der Waals surface area contributed by atoms with Gasteiger partial charge in [-0.1, -0.05) is 23.2 Å². The molecule has 5 nitrogen and oxygen atoms in total. The van der Waals surface area contributed by atoms with E-state index in [1.807, 2.05) is 0 Å². The van der Waals surface area contributed by atoms with Gasteiger partial charge in [0.2, 0.25) is 0 Å². The molecule has 1 aromatic heterocycles. The molecule has 0 aliphatic rings. The summed E-state index contributed by atoms with van der Waals surface area (Å²) in [5, 5.41) is 2.85. The minimum atomic E-state index is -4.78. The van der Waals surface area contributed by atoms with Crippen LogP contribution in [0.4, 0.5) is 17.6 Å². The van der Waals surface area contributed by atoms with Gasteiger partial charge in [0.25, 0.3) is 5.56 Å². The van der Waals surface area contributed by atoms with Crippen molar-refractivity contribution in [3.63, 3.8) is 0 Å². The fourth-order valence-corrected chi connectivity index (χ4v) is 2.52. The number of rotatable bonds is 3. The summed E-state index contributed by atoms with van der Waals surface area (Å²) in [6, 6.07) is 1.83. The lowest BCUT2D eigenvalue weighted by Crippen LogP contribution is -2.28. The largest absolute Gasteiger partial charge is 0.465 e. The van der Waals surface area contributed by atoms with E-state index in [4.69, 9.17) is 23.2 Å². The lowest BCUT2D eigenvalue weighted by Gasteiger charge is -2.13. The van der Waals surface area contributed by atoms with Crippen molar-refractivity contribution in [1.29, 1.82) is 0 Å². The SMILES string of the molecule is COC(=O)C(Cl)=Cc1cc(-n2ncc(C(F)(F)F)c(C)c2=O)c(F)cc1Cl. The van der Waals surface area contributed by atoms with Crippen molar-refractivity contribution in [2.75, 3.05) is 7.11 Å². The first-order chi connectivity index (χ1) is 12.5. The third-order valence-corrected chi connectivity index (χ3v) is 4.07. The zero-order chi connectivity index (χ0) is 20.5. The van der Waals surface area contributed by atoms with Gasteiger partial charge in [0.1, 0.15) is 10.7 Å². The Morgan fingerprint density at radius 2 is 1.96 bits per heavy atom. The molecule has 2 aromatic rings. The van der Waals surface area contributed by atoms with Gasteiger partial charge in [0.05, 0.1) is 23.9 Å². The van der Waals surface area contributed by atoms with Gasteiger partial charge in [0, 0.05) is 5.56 Å². The molecule has 0 unspecified atom stereocenters. The average molecular weight is 425 g/mol. The van der Waals surface area contributed by atoms with Crippen LogP contribution >= 0.6 is 23.2 Å². The first-order valence-corrected chi connectivity index (χ1v) is 7.84. The topological polar surface area (TPSA) is 61.2 Å². The maximum Gasteiger partial charge on any atom is 0.418 e. The van der Waals surface area contributed by atoms with Gasteiger partial charge in [-0.25, -0.2) is 9.18 Å². The molecule has 0 bridgehead atoms. The molecule has 11 heteroatoms. The van der Waals surface area contributed by atoms with Gasteiger partial charge in [-0.15, -0.1) is 0 Å². The van der Waals surface area contributed by atoms with Crippen LogP contribution in [0.25, 0.3) is 11.8 Å². The number of benzene rings is 1. The predicted octanol–water partition coefficient (Wildman–Crippen LogP) is 4.10. The Labute approximate surface area is 159 Å². The molecular formula is C16H10Cl2F4N2O3. The number of hydrogen-bond donors (Lipinski definition) is 0. The Bertz CT molecular complexity index is 1000. The van der Waals surface area contributed by atoms with Crippen LogP contribution < -0.4 is 5.56 Å². The molecule has 0 amide bonds. The van der Waals surface area contributed by atoms with Crippen molar-refractivity contribution in [1.82, 2.24) is 9.78 Å². The molecule has 0 N–H and O–H groups in total. The summed E-state index contributed by atoms with van der Waals surface area (Å²) in [5.74, 6) is -1.90. The number of alkyl halides is 3. The molecule has 0 spiro atoms. The lowest BCUT2D eigenvalue weighted by molar-refractivity contribution is -0.138. The minimum Gasteiger partial charge on any atom is -0.465 e. The van der Waals surface area contributed by atoms with Gasteiger partial charge in [-0.2, -0.15) is 23.0 Å². The summed E-state index contributed by atoms with van der Waals surface area (Å²) in [6.45, 7) is 0.950. The van der Waals surface area contributed by atoms with Crippen LogP contribution in [0.15, 0.2) is 28.2 Å². The zero-order valence-corrected chi connectivity index (χ0v) is 15.2. The van der Waals surface area contributed by atoms with Crippen LogP contribution in [0.2, 0.25) is 5.02 Å². The molecular weight excluding hydrogens is 415 g/mol. The molecule has 0 atom stereocenters. The van der Waals surface area contributed by atoms with Crippen molar-refractivity contribution >= 4 is 35.2 Å². The second-order valence-electron chi connectivity index (χ2n) is 5.21. The molecule has 0 aliphatic carbocycles. The van der Waals surface area contributed by atoms with Crippen LogP contribution in [0, 0.1) is 12.7 Å². The lowest BCUT2D eigenvalue weighted by atomic mass is 10.1. The number of methoxy groups -OCH3 is 1. The molecule has 2 rings (SSSR count). The van der Waals surface area contributed by atoms with E-state index in [2.05, 4.69) is 9.84 Å². The monoisotopic (exact) mass is 424 g/mol. The maximum absolute atomic E-state index is 14.3. The second kappa shape index (κ2) is 7.69. The standard InChI is InChI=1S/C16H10Cl2F4N2O3/c1-7-9(16(20,21)22)6-23-24(14(7)25)13-4-8(10(17)5-12(13)19)3-11(18)15(26)27-2/h3-6H,1-2H3. The quantitative estimate of drug-likeness (QED) is 0.422. The van der Waals surface area contributed by atoms with Crippen molar-refractivity contribution in [3.8, 4) is 5.69 Å². The Morgan fingerprint density at radius 1 is 1.33 bits per heavy atom. The van der Waals surface area contributed by atoms with Crippen LogP contribution in [0.5, 0.6) is 0 Å². The zero-order valence-electron chi connectivity index (χ0n) is 13.7. The number of hydrogen-bond acceptors (Lipinski definition) is 4. The van der Waals surface area contributed by atoms with Crippen LogP contribution in [-0.4, -0.2) is 22.9 Å². The number of esters is 1. The van der Waals surface area contributed by atoms with Crippen molar-refractivity contribution in [3.05, 3.63) is 61.2 Å². The Kier molecular flexibility index (Phi) is 5.96. The third-order valence-electron chi connectivity index (χ3n) is 3.48. The number of nitrogens with zero attached hydrogens (tertiary/aromatic N) is 2. The molecule has 144 valence electrons. The van der Waals surface area contributed by atoms with Crippen molar-refractivity contribution in [2.45, 2.75) is 13.1 Å². The highest BCUT2D eigenvalue weighted by atomic mass is 35.5. The maximum atomic E-state index is 14.3. The minimum absolute atomic E-state index is 0.0229. The number of aromatic nitrogens is 2. The number of carbonyl (C=O) groups excluding carboxylic acids is 1. The molecule has 1 heterocycles. The van der Waals surface area contributed by atoms with E-state index in [0.29, 0.717) is 10.9 Å². The molecule has 0 aliphatic heterocycles. The average Bonchev–Trinajstić information content (AvgIpc) is 2.58. The number of halogens is 6. The van der Waals surface area contributed by atoms with E-state index < -0.39 is 40.3 Å². The fourth-order valence-electron chi connectivity index (χ4n) is 2.12. The first kappa shape index (κ1) is 20.9. The van der Waals surface area contributed by atoms with Crippen molar-refractivity contribution < 1.29 is 27.1 Å². The van der Waals surface area contributed by atoms with E-state index >= 15 is 0 Å². The first-order valence-electron chi connectivity index (χ1n) is 7.08. The highest BCUT2D eigenvalue weighted by Gasteiger charge is 2.34. The smallest absolute Gasteiger partial charge is 0.418 e. The Morgan fingerprint density at radius 3 is 2.52 bits per heavy atom. The summed E-state index contributed by atoms with van der Waals surface area (Å²) < 4.78 is 57.7. The van der Waals surface area contributed by atoms with E-state index in [-0.39, 0.29) is 15.6 Å². The molecule has 27 heavy (non-hydrogen) atoms. The molecule has 0 saturated carbocycles. The van der Waals surface area contributed by atoms with Gasteiger partial charge in [0.15, 0.2) is 5.82 Å². The van der Waals surface area contributed by atoms with E-state index in [0.717, 1.165) is 32.2 Å². The highest BCUT2D eigenvalue weighted by Crippen LogP contribution is 2.30.